The molecule has 1 aromatic carbocycles. The van der Waals surface area contributed by atoms with Crippen molar-refractivity contribution >= 4 is 37.3 Å². The Balaban J connectivity index is 2.72. The Morgan fingerprint density at radius 1 is 0.909 bits per heavy atom. The van der Waals surface area contributed by atoms with Crippen LogP contribution in [0.25, 0.3) is 0 Å². The van der Waals surface area contributed by atoms with E-state index in [0.29, 0.717) is 0 Å². The number of carbonyl (C=O) groups is 1. The number of amides is 1. The molecule has 1 amide bonds. The van der Waals surface area contributed by atoms with Crippen LogP contribution in [-0.4, -0.2) is 53.5 Å². The molecular weight excluding hydrogens is 330 g/mol. The normalized spacial score (nSPS) is 16.2. The number of anilines is 2. The highest BCUT2D eigenvalue weighted by Gasteiger charge is 2.33. The van der Waals surface area contributed by atoms with Crippen LogP contribution in [0.1, 0.15) is 6.92 Å². The molecule has 0 saturated heterocycles. The predicted molar refractivity (Wildman–Crippen MR) is 83.3 cm³/mol. The van der Waals surface area contributed by atoms with E-state index < -0.39 is 26.0 Å². The lowest BCUT2D eigenvalue weighted by molar-refractivity contribution is -0.128. The van der Waals surface area contributed by atoms with Crippen LogP contribution in [-0.2, 0) is 24.8 Å². The van der Waals surface area contributed by atoms with E-state index in [4.69, 9.17) is 0 Å². The van der Waals surface area contributed by atoms with Gasteiger partial charge in [0.25, 0.3) is 0 Å². The molecule has 0 aliphatic carbocycles. The number of fused-ring (bicyclic) bond motifs is 1. The fourth-order valence-corrected chi connectivity index (χ4v) is 3.88. The van der Waals surface area contributed by atoms with Gasteiger partial charge in [-0.15, -0.1) is 0 Å². The molecule has 1 aliphatic rings. The van der Waals surface area contributed by atoms with E-state index in [2.05, 4.69) is 0 Å². The van der Waals surface area contributed by atoms with Crippen molar-refractivity contribution in [3.8, 4) is 0 Å². The highest BCUT2D eigenvalue weighted by Crippen LogP contribution is 2.34. The first-order chi connectivity index (χ1) is 10.0. The van der Waals surface area contributed by atoms with E-state index in [9.17, 15) is 21.6 Å². The van der Waals surface area contributed by atoms with Crippen molar-refractivity contribution in [2.45, 2.75) is 6.92 Å². The molecule has 0 fully saturated rings. The van der Waals surface area contributed by atoms with E-state index in [1.165, 1.54) is 19.1 Å². The molecule has 0 aromatic heterocycles. The van der Waals surface area contributed by atoms with E-state index in [1.54, 1.807) is 12.1 Å². The van der Waals surface area contributed by atoms with Gasteiger partial charge in [-0.3, -0.25) is 4.79 Å². The van der Waals surface area contributed by atoms with Gasteiger partial charge in [-0.05, 0) is 12.1 Å². The Kier molecular flexibility index (Phi) is 4.09. The molecule has 8 nitrogen and oxygen atoms in total. The second-order valence-corrected chi connectivity index (χ2v) is 8.87. The van der Waals surface area contributed by atoms with Crippen molar-refractivity contribution in [1.29, 1.82) is 0 Å². The van der Waals surface area contributed by atoms with Crippen LogP contribution >= 0.6 is 0 Å². The molecule has 10 heteroatoms. The second kappa shape index (κ2) is 5.43. The number of sulfonamides is 2. The Morgan fingerprint density at radius 2 is 1.27 bits per heavy atom. The molecule has 0 saturated carbocycles. The molecule has 0 radical (unpaired) electrons. The van der Waals surface area contributed by atoms with Crippen molar-refractivity contribution in [2.24, 2.45) is 0 Å². The zero-order valence-electron chi connectivity index (χ0n) is 12.4. The molecule has 0 atom stereocenters. The summed E-state index contributed by atoms with van der Waals surface area (Å²) in [5.74, 6) is -0.421. The zero-order valence-corrected chi connectivity index (χ0v) is 14.1. The van der Waals surface area contributed by atoms with Crippen molar-refractivity contribution < 1.29 is 21.6 Å². The molecule has 0 spiro atoms. The highest BCUT2D eigenvalue weighted by atomic mass is 32.2. The smallest absolute Gasteiger partial charge is 0.233 e. The monoisotopic (exact) mass is 347 g/mol. The first kappa shape index (κ1) is 16.6. The number of hydrogen-bond donors (Lipinski definition) is 0. The quantitative estimate of drug-likeness (QED) is 0.750. The first-order valence-electron chi connectivity index (χ1n) is 6.32. The summed E-state index contributed by atoms with van der Waals surface area (Å²) in [4.78, 5) is 12.9. The minimum absolute atomic E-state index is 0.221. The fraction of sp³-hybridized carbons (Fsp3) is 0.417. The Morgan fingerprint density at radius 3 is 1.55 bits per heavy atom. The van der Waals surface area contributed by atoms with Gasteiger partial charge < -0.3 is 4.90 Å². The Bertz CT molecular complexity index is 743. The van der Waals surface area contributed by atoms with Gasteiger partial charge in [0, 0.05) is 6.92 Å². The van der Waals surface area contributed by atoms with Crippen LogP contribution in [0.4, 0.5) is 11.4 Å². The minimum atomic E-state index is -3.68. The molecule has 0 unspecified atom stereocenters. The maximum absolute atomic E-state index is 12.0. The summed E-state index contributed by atoms with van der Waals surface area (Å²) in [7, 11) is -7.36. The fourth-order valence-electron chi connectivity index (χ4n) is 2.16. The number of rotatable bonds is 2. The molecule has 122 valence electrons. The maximum Gasteiger partial charge on any atom is 0.233 e. The average Bonchev–Trinajstić information content (AvgIpc) is 2.54. The van der Waals surface area contributed by atoms with E-state index in [1.807, 2.05) is 0 Å². The lowest BCUT2D eigenvalue weighted by Crippen LogP contribution is -2.46. The summed E-state index contributed by atoms with van der Waals surface area (Å²) < 4.78 is 50.2. The van der Waals surface area contributed by atoms with Crippen LogP contribution in [0.2, 0.25) is 0 Å². The molecular formula is C12H17N3O5S2. The summed E-state index contributed by atoms with van der Waals surface area (Å²) in [6.45, 7) is 0.783. The lowest BCUT2D eigenvalue weighted by atomic mass is 10.2. The van der Waals surface area contributed by atoms with Gasteiger partial charge in [-0.25, -0.2) is 25.4 Å². The summed E-state index contributed by atoms with van der Waals surface area (Å²) in [6, 6.07) is 6.25. The maximum atomic E-state index is 12.0. The highest BCUT2D eigenvalue weighted by molar-refractivity contribution is 7.92. The van der Waals surface area contributed by atoms with Crippen LogP contribution in [0.15, 0.2) is 24.3 Å². The Labute approximate surface area is 130 Å². The summed E-state index contributed by atoms with van der Waals surface area (Å²) >= 11 is 0. The molecule has 0 bridgehead atoms. The number of nitrogens with zero attached hydrogens (tertiary/aromatic N) is 3. The molecule has 22 heavy (non-hydrogen) atoms. The summed E-state index contributed by atoms with van der Waals surface area (Å²) in [5.41, 5.74) is 0.443. The summed E-state index contributed by atoms with van der Waals surface area (Å²) in [6.07, 6.45) is 2.02. The van der Waals surface area contributed by atoms with Gasteiger partial charge in [0.15, 0.2) is 0 Å². The van der Waals surface area contributed by atoms with E-state index in [-0.39, 0.29) is 24.7 Å². The number of hydrogen-bond acceptors (Lipinski definition) is 5. The van der Waals surface area contributed by atoms with Crippen LogP contribution in [0, 0.1) is 0 Å². The van der Waals surface area contributed by atoms with Gasteiger partial charge >= 0.3 is 0 Å². The third kappa shape index (κ3) is 3.17. The van der Waals surface area contributed by atoms with Gasteiger partial charge in [-0.1, -0.05) is 12.1 Å². The molecule has 2 rings (SSSR count). The number of benzene rings is 1. The molecule has 1 heterocycles. The summed E-state index contributed by atoms with van der Waals surface area (Å²) in [5, 5.41) is 0. The van der Waals surface area contributed by atoms with Gasteiger partial charge in [0.2, 0.25) is 26.0 Å². The van der Waals surface area contributed by atoms with Crippen molar-refractivity contribution in [3.05, 3.63) is 24.3 Å². The Hall–Kier alpha value is -1.81. The number of para-hydroxylation sites is 2. The van der Waals surface area contributed by atoms with Crippen molar-refractivity contribution in [1.82, 2.24) is 4.90 Å². The third-order valence-corrected chi connectivity index (χ3v) is 5.49. The zero-order chi connectivity index (χ0) is 16.7. The van der Waals surface area contributed by atoms with Gasteiger partial charge in [0.05, 0.1) is 23.9 Å². The average molecular weight is 347 g/mol. The van der Waals surface area contributed by atoms with Crippen molar-refractivity contribution in [3.63, 3.8) is 0 Å². The largest absolute Gasteiger partial charge is 0.305 e. The van der Waals surface area contributed by atoms with Crippen LogP contribution < -0.4 is 8.61 Å². The minimum Gasteiger partial charge on any atom is -0.305 e. The topological polar surface area (TPSA) is 95.1 Å². The molecule has 1 aromatic rings. The first-order valence-corrected chi connectivity index (χ1v) is 10.0. The SMILES string of the molecule is CC(=O)N1CN(S(C)(=O)=O)c2ccccc2N(S(C)(=O)=O)C1. The standard InChI is InChI=1S/C12H17N3O5S2/c1-10(16)13-8-14(21(2,17)18)11-6-4-5-7-12(11)15(9-13)22(3,19)20/h4-7H,8-9H2,1-3H3. The van der Waals surface area contributed by atoms with E-state index in [0.717, 1.165) is 26.0 Å². The lowest BCUT2D eigenvalue weighted by Gasteiger charge is -2.27. The molecule has 1 aliphatic heterocycles. The van der Waals surface area contributed by atoms with E-state index >= 15 is 0 Å². The number of carbonyl (C=O) groups excluding carboxylic acids is 1. The van der Waals surface area contributed by atoms with Crippen LogP contribution in [0.3, 0.4) is 0 Å². The van der Waals surface area contributed by atoms with Crippen molar-refractivity contribution in [2.75, 3.05) is 34.5 Å². The van der Waals surface area contributed by atoms with Crippen LogP contribution in [0.5, 0.6) is 0 Å². The van der Waals surface area contributed by atoms with Gasteiger partial charge in [0.1, 0.15) is 13.3 Å². The second-order valence-electron chi connectivity index (χ2n) is 5.05. The molecule has 0 N–H and O–H groups in total. The third-order valence-electron chi connectivity index (χ3n) is 3.26. The van der Waals surface area contributed by atoms with Gasteiger partial charge in [-0.2, -0.15) is 0 Å². The predicted octanol–water partition coefficient (Wildman–Crippen LogP) is -0.00430.